The van der Waals surface area contributed by atoms with E-state index in [0.29, 0.717) is 6.42 Å². The molecule has 22 heavy (non-hydrogen) atoms. The van der Waals surface area contributed by atoms with Crippen LogP contribution in [0.25, 0.3) is 0 Å². The average Bonchev–Trinajstić information content (AvgIpc) is 2.35. The van der Waals surface area contributed by atoms with E-state index in [1.165, 1.54) is 25.7 Å². The molecule has 0 fully saturated rings. The molecule has 0 saturated heterocycles. The smallest absolute Gasteiger partial charge is 1.00 e. The molecule has 0 saturated carbocycles. The molecule has 0 aromatic carbocycles. The van der Waals surface area contributed by atoms with Crippen molar-refractivity contribution in [2.24, 2.45) is 11.3 Å². The second kappa shape index (κ2) is 15.7. The zero-order chi connectivity index (χ0) is 15.6. The number of carboxylic acid groups (broad SMARTS) is 2. The van der Waals surface area contributed by atoms with Crippen LogP contribution in [0, 0.1) is 11.3 Å². The first-order valence-corrected chi connectivity index (χ1v) is 7.86. The molecule has 0 unspecified atom stereocenters. The Kier molecular flexibility index (Phi) is 20.0. The van der Waals surface area contributed by atoms with E-state index >= 15 is 0 Å². The van der Waals surface area contributed by atoms with Crippen LogP contribution in [0.5, 0.6) is 0 Å². The fraction of sp³-hybridized carbons (Fsp3) is 0.875. The van der Waals surface area contributed by atoms with E-state index in [1.54, 1.807) is 13.8 Å². The number of hydrogen-bond donors (Lipinski definition) is 2. The predicted molar refractivity (Wildman–Crippen MR) is 82.0 cm³/mol. The molecule has 0 aliphatic rings. The SMILES string of the molecule is CCCCCCCCCCC(C(=O)O)(C(=O)O)C(C)C.[H-].[H-].[K+].[Li+]. The second-order valence-corrected chi connectivity index (χ2v) is 5.96. The van der Waals surface area contributed by atoms with Gasteiger partial charge in [-0.3, -0.25) is 9.59 Å². The maximum atomic E-state index is 11.4. The zero-order valence-electron chi connectivity index (χ0n) is 17.2. The van der Waals surface area contributed by atoms with Gasteiger partial charge in [0.1, 0.15) is 0 Å². The van der Waals surface area contributed by atoms with Crippen molar-refractivity contribution in [3.05, 3.63) is 0 Å². The van der Waals surface area contributed by atoms with Gasteiger partial charge in [0.15, 0.2) is 5.41 Å². The van der Waals surface area contributed by atoms with Crippen LogP contribution in [0.1, 0.15) is 81.4 Å². The van der Waals surface area contributed by atoms with Gasteiger partial charge in [0.2, 0.25) is 0 Å². The van der Waals surface area contributed by atoms with E-state index < -0.39 is 23.3 Å². The first-order chi connectivity index (χ1) is 9.39. The largest absolute Gasteiger partial charge is 1.00 e. The minimum Gasteiger partial charge on any atom is -1.00 e. The molecule has 122 valence electrons. The summed E-state index contributed by atoms with van der Waals surface area (Å²) < 4.78 is 0. The number of rotatable bonds is 12. The Balaban J connectivity index is -0.000000301. The van der Waals surface area contributed by atoms with Crippen molar-refractivity contribution >= 4 is 11.9 Å². The molecule has 0 bridgehead atoms. The van der Waals surface area contributed by atoms with E-state index in [9.17, 15) is 19.8 Å². The molecule has 0 aliphatic heterocycles. The molecular formula is C16H32KLiO4. The Morgan fingerprint density at radius 1 is 0.909 bits per heavy atom. The average molecular weight is 334 g/mol. The minimum atomic E-state index is -1.62. The van der Waals surface area contributed by atoms with Crippen LogP contribution >= 0.6 is 0 Å². The summed E-state index contributed by atoms with van der Waals surface area (Å²) in [7, 11) is 0. The van der Waals surface area contributed by atoms with Gasteiger partial charge in [-0.1, -0.05) is 72.1 Å². The van der Waals surface area contributed by atoms with Crippen LogP contribution in [0.4, 0.5) is 0 Å². The van der Waals surface area contributed by atoms with Crippen LogP contribution < -0.4 is 70.2 Å². The topological polar surface area (TPSA) is 74.6 Å². The molecule has 0 radical (unpaired) electrons. The molecule has 2 N–H and O–H groups in total. The predicted octanol–water partition coefficient (Wildman–Crippen LogP) is -1.44. The summed E-state index contributed by atoms with van der Waals surface area (Å²) in [5, 5.41) is 18.6. The zero-order valence-corrected chi connectivity index (χ0v) is 18.3. The first-order valence-electron chi connectivity index (χ1n) is 7.86. The van der Waals surface area contributed by atoms with Crippen LogP contribution in [0.3, 0.4) is 0 Å². The summed E-state index contributed by atoms with van der Waals surface area (Å²) in [6.45, 7) is 5.53. The number of hydrogen-bond acceptors (Lipinski definition) is 2. The number of carboxylic acids is 2. The van der Waals surface area contributed by atoms with Gasteiger partial charge in [0, 0.05) is 0 Å². The van der Waals surface area contributed by atoms with E-state index in [0.717, 1.165) is 19.3 Å². The van der Waals surface area contributed by atoms with Crippen LogP contribution in [0.2, 0.25) is 0 Å². The maximum absolute atomic E-state index is 11.4. The molecule has 0 rings (SSSR count). The fourth-order valence-corrected chi connectivity index (χ4v) is 2.63. The van der Waals surface area contributed by atoms with Gasteiger partial charge in [-0.05, 0) is 12.3 Å². The standard InChI is InChI=1S/C16H30O4.K.Li.2H/c1-4-5-6-7-8-9-10-11-12-16(13(2)3,14(17)18)15(19)20;;;;/h13H,4-12H2,1-3H3,(H,17,18)(H,19,20);;;;/q;2*+1;2*-1. The third-order valence-electron chi connectivity index (χ3n) is 4.17. The molecule has 0 spiro atoms. The molecule has 0 aromatic heterocycles. The summed E-state index contributed by atoms with van der Waals surface area (Å²) in [5.74, 6) is -2.81. The van der Waals surface area contributed by atoms with Gasteiger partial charge < -0.3 is 13.1 Å². The Bertz CT molecular complexity index is 304. The van der Waals surface area contributed by atoms with Crippen molar-refractivity contribution in [2.45, 2.75) is 78.6 Å². The van der Waals surface area contributed by atoms with Gasteiger partial charge in [0.25, 0.3) is 0 Å². The molecule has 0 aromatic rings. The summed E-state index contributed by atoms with van der Waals surface area (Å²) in [6, 6.07) is 0. The first kappa shape index (κ1) is 28.0. The quantitative estimate of drug-likeness (QED) is 0.260. The molecular weight excluding hydrogens is 302 g/mol. The number of aliphatic carboxylic acids is 2. The Hall–Kier alpha value is 1.17. The Labute approximate surface area is 192 Å². The van der Waals surface area contributed by atoms with Crippen molar-refractivity contribution < 1.29 is 92.9 Å². The number of carbonyl (C=O) groups is 2. The van der Waals surface area contributed by atoms with Gasteiger partial charge in [0.05, 0.1) is 0 Å². The van der Waals surface area contributed by atoms with Crippen LogP contribution in [0.15, 0.2) is 0 Å². The normalized spacial score (nSPS) is 10.7. The van der Waals surface area contributed by atoms with Crippen LogP contribution in [-0.4, -0.2) is 22.2 Å². The van der Waals surface area contributed by atoms with Gasteiger partial charge in [-0.15, -0.1) is 0 Å². The second-order valence-electron chi connectivity index (χ2n) is 5.96. The minimum absolute atomic E-state index is 0. The van der Waals surface area contributed by atoms with E-state index in [1.807, 2.05) is 0 Å². The van der Waals surface area contributed by atoms with Crippen molar-refractivity contribution in [1.82, 2.24) is 0 Å². The van der Waals surface area contributed by atoms with Crippen molar-refractivity contribution in [3.8, 4) is 0 Å². The van der Waals surface area contributed by atoms with Gasteiger partial charge >= 0.3 is 82.2 Å². The number of unbranched alkanes of at least 4 members (excludes halogenated alkanes) is 7. The van der Waals surface area contributed by atoms with Gasteiger partial charge in [-0.25, -0.2) is 0 Å². The Morgan fingerprint density at radius 3 is 1.59 bits per heavy atom. The third kappa shape index (κ3) is 9.46. The van der Waals surface area contributed by atoms with Crippen molar-refractivity contribution in [2.75, 3.05) is 0 Å². The van der Waals surface area contributed by atoms with Crippen molar-refractivity contribution in [3.63, 3.8) is 0 Å². The summed E-state index contributed by atoms with van der Waals surface area (Å²) in [5.41, 5.74) is -1.62. The van der Waals surface area contributed by atoms with E-state index in [-0.39, 0.29) is 79.5 Å². The van der Waals surface area contributed by atoms with Crippen molar-refractivity contribution in [1.29, 1.82) is 0 Å². The summed E-state index contributed by atoms with van der Waals surface area (Å²) in [6.07, 6.45) is 9.03. The molecule has 0 heterocycles. The fourth-order valence-electron chi connectivity index (χ4n) is 2.63. The third-order valence-corrected chi connectivity index (χ3v) is 4.17. The van der Waals surface area contributed by atoms with Crippen LogP contribution in [-0.2, 0) is 9.59 Å². The summed E-state index contributed by atoms with van der Waals surface area (Å²) in [4.78, 5) is 22.7. The maximum Gasteiger partial charge on any atom is 1.00 e. The van der Waals surface area contributed by atoms with Gasteiger partial charge in [-0.2, -0.15) is 0 Å². The molecule has 0 aliphatic carbocycles. The molecule has 4 nitrogen and oxygen atoms in total. The molecule has 0 amide bonds. The Morgan fingerprint density at radius 2 is 1.27 bits per heavy atom. The molecule has 0 atom stereocenters. The summed E-state index contributed by atoms with van der Waals surface area (Å²) >= 11 is 0. The van der Waals surface area contributed by atoms with E-state index in [2.05, 4.69) is 6.92 Å². The monoisotopic (exact) mass is 334 g/mol. The van der Waals surface area contributed by atoms with E-state index in [4.69, 9.17) is 0 Å². The molecule has 6 heteroatoms.